The average molecular weight is 562 g/mol. The number of piperidine rings is 2. The van der Waals surface area contributed by atoms with Crippen LogP contribution in [0.3, 0.4) is 0 Å². The minimum Gasteiger partial charge on any atom is -0.485 e. The Morgan fingerprint density at radius 3 is 2.56 bits per heavy atom. The Labute approximate surface area is 238 Å². The first kappa shape index (κ1) is 28.4. The Kier molecular flexibility index (Phi) is 8.74. The number of carboxylic acid groups (broad SMARTS) is 1. The van der Waals surface area contributed by atoms with Gasteiger partial charge in [-0.05, 0) is 87.0 Å². The number of rotatable bonds is 8. The van der Waals surface area contributed by atoms with Crippen molar-refractivity contribution in [1.82, 2.24) is 14.9 Å². The number of hydrogen-bond acceptors (Lipinski definition) is 7. The number of nitrogens with zero attached hydrogens (tertiary/aromatic N) is 5. The van der Waals surface area contributed by atoms with Crippen LogP contribution in [-0.2, 0) is 11.4 Å². The van der Waals surface area contributed by atoms with Gasteiger partial charge in [-0.3, -0.25) is 14.7 Å². The van der Waals surface area contributed by atoms with Crippen LogP contribution in [0.15, 0.2) is 42.7 Å². The van der Waals surface area contributed by atoms with Crippen molar-refractivity contribution in [2.75, 3.05) is 37.6 Å². The SMILES string of the molecule is Cc1ncc(C2CCN(CC#N)CC2)cc1COc1c(F)cc(F)cc1-c1ccnc(N2CCC(C(=O)O)CC2)c1. The number of aromatic nitrogens is 2. The Morgan fingerprint density at radius 1 is 1.10 bits per heavy atom. The maximum Gasteiger partial charge on any atom is 0.306 e. The van der Waals surface area contributed by atoms with Gasteiger partial charge in [0.05, 0.1) is 18.5 Å². The summed E-state index contributed by atoms with van der Waals surface area (Å²) in [6, 6.07) is 9.77. The van der Waals surface area contributed by atoms with Crippen LogP contribution in [0.5, 0.6) is 5.75 Å². The molecule has 0 atom stereocenters. The predicted molar refractivity (Wildman–Crippen MR) is 149 cm³/mol. The number of nitriles is 1. The molecule has 2 fully saturated rings. The number of halogens is 2. The second kappa shape index (κ2) is 12.6. The molecule has 0 bridgehead atoms. The molecular weight excluding hydrogens is 528 g/mol. The molecule has 2 aliphatic rings. The normalized spacial score (nSPS) is 16.9. The molecule has 8 nitrogen and oxygen atoms in total. The van der Waals surface area contributed by atoms with Crippen molar-refractivity contribution >= 4 is 11.8 Å². The summed E-state index contributed by atoms with van der Waals surface area (Å²) >= 11 is 0. The zero-order valence-electron chi connectivity index (χ0n) is 23.0. The van der Waals surface area contributed by atoms with E-state index in [4.69, 9.17) is 10.00 Å². The second-order valence-electron chi connectivity index (χ2n) is 10.8. The van der Waals surface area contributed by atoms with Crippen LogP contribution in [0, 0.1) is 35.8 Å². The first-order valence-corrected chi connectivity index (χ1v) is 13.9. The van der Waals surface area contributed by atoms with Crippen LogP contribution in [-0.4, -0.2) is 58.7 Å². The highest BCUT2D eigenvalue weighted by Gasteiger charge is 2.26. The van der Waals surface area contributed by atoms with Gasteiger partial charge in [-0.1, -0.05) is 0 Å². The summed E-state index contributed by atoms with van der Waals surface area (Å²) in [6.07, 6.45) is 6.35. The number of benzene rings is 1. The van der Waals surface area contributed by atoms with Gasteiger partial charge in [0.1, 0.15) is 18.2 Å². The van der Waals surface area contributed by atoms with Gasteiger partial charge in [0.2, 0.25) is 0 Å². The van der Waals surface area contributed by atoms with Crippen molar-refractivity contribution in [2.24, 2.45) is 5.92 Å². The van der Waals surface area contributed by atoms with Crippen LogP contribution >= 0.6 is 0 Å². The molecule has 5 rings (SSSR count). The Balaban J connectivity index is 1.35. The summed E-state index contributed by atoms with van der Waals surface area (Å²) < 4.78 is 35.6. The number of carbonyl (C=O) groups is 1. The van der Waals surface area contributed by atoms with E-state index in [-0.39, 0.29) is 23.8 Å². The molecule has 3 aromatic rings. The predicted octanol–water partition coefficient (Wildman–Crippen LogP) is 5.31. The summed E-state index contributed by atoms with van der Waals surface area (Å²) in [5.74, 6) is -1.79. The molecule has 0 radical (unpaired) electrons. The maximum absolute atomic E-state index is 15.2. The van der Waals surface area contributed by atoms with Crippen LogP contribution in [0.4, 0.5) is 14.6 Å². The molecule has 41 heavy (non-hydrogen) atoms. The molecule has 1 N–H and O–H groups in total. The molecule has 214 valence electrons. The first-order valence-electron chi connectivity index (χ1n) is 13.9. The first-order chi connectivity index (χ1) is 19.8. The summed E-state index contributed by atoms with van der Waals surface area (Å²) in [7, 11) is 0. The van der Waals surface area contributed by atoms with Gasteiger partial charge in [0, 0.05) is 48.4 Å². The Bertz CT molecular complexity index is 1440. The lowest BCUT2D eigenvalue weighted by molar-refractivity contribution is -0.142. The second-order valence-corrected chi connectivity index (χ2v) is 10.8. The van der Waals surface area contributed by atoms with Crippen molar-refractivity contribution in [2.45, 2.75) is 45.1 Å². The van der Waals surface area contributed by atoms with Gasteiger partial charge in [-0.15, -0.1) is 0 Å². The van der Waals surface area contributed by atoms with Gasteiger partial charge in [0.15, 0.2) is 11.6 Å². The topological polar surface area (TPSA) is 103 Å². The minimum absolute atomic E-state index is 0.0530. The van der Waals surface area contributed by atoms with E-state index in [0.717, 1.165) is 48.8 Å². The highest BCUT2D eigenvalue weighted by Crippen LogP contribution is 2.36. The number of carboxylic acids is 1. The lowest BCUT2D eigenvalue weighted by Crippen LogP contribution is -2.36. The lowest BCUT2D eigenvalue weighted by atomic mass is 9.89. The van der Waals surface area contributed by atoms with E-state index in [2.05, 4.69) is 27.0 Å². The fourth-order valence-electron chi connectivity index (χ4n) is 5.68. The molecule has 0 saturated carbocycles. The summed E-state index contributed by atoms with van der Waals surface area (Å²) in [4.78, 5) is 24.5. The van der Waals surface area contributed by atoms with E-state index in [1.807, 2.05) is 18.0 Å². The van der Waals surface area contributed by atoms with E-state index in [1.54, 1.807) is 18.3 Å². The average Bonchev–Trinajstić information content (AvgIpc) is 2.98. The minimum atomic E-state index is -0.799. The molecule has 0 spiro atoms. The number of hydrogen-bond donors (Lipinski definition) is 1. The third-order valence-electron chi connectivity index (χ3n) is 8.17. The van der Waals surface area contributed by atoms with E-state index < -0.39 is 17.6 Å². The Hall–Kier alpha value is -4.10. The highest BCUT2D eigenvalue weighted by atomic mass is 19.1. The number of aliphatic carboxylic acids is 1. The third-order valence-corrected chi connectivity index (χ3v) is 8.17. The monoisotopic (exact) mass is 561 g/mol. The molecule has 4 heterocycles. The number of pyridine rings is 2. The zero-order chi connectivity index (χ0) is 28.9. The summed E-state index contributed by atoms with van der Waals surface area (Å²) in [5, 5.41) is 18.3. The fraction of sp³-hybridized carbons (Fsp3) is 0.419. The van der Waals surface area contributed by atoms with Crippen LogP contribution in [0.2, 0.25) is 0 Å². The third kappa shape index (κ3) is 6.63. The van der Waals surface area contributed by atoms with E-state index in [1.165, 1.54) is 6.07 Å². The molecule has 1 aromatic carbocycles. The van der Waals surface area contributed by atoms with Gasteiger partial charge in [0.25, 0.3) is 0 Å². The highest BCUT2D eigenvalue weighted by molar-refractivity contribution is 5.73. The number of anilines is 1. The van der Waals surface area contributed by atoms with Gasteiger partial charge >= 0.3 is 5.97 Å². The van der Waals surface area contributed by atoms with E-state index in [9.17, 15) is 14.3 Å². The molecular formula is C31H33F2N5O3. The summed E-state index contributed by atoms with van der Waals surface area (Å²) in [6.45, 7) is 5.16. The maximum atomic E-state index is 15.2. The molecule has 2 saturated heterocycles. The summed E-state index contributed by atoms with van der Waals surface area (Å²) in [5.41, 5.74) is 3.52. The smallest absolute Gasteiger partial charge is 0.306 e. The van der Waals surface area contributed by atoms with Crippen molar-refractivity contribution in [3.63, 3.8) is 0 Å². The van der Waals surface area contributed by atoms with Gasteiger partial charge < -0.3 is 14.7 Å². The molecule has 0 unspecified atom stereocenters. The Morgan fingerprint density at radius 2 is 1.85 bits per heavy atom. The lowest BCUT2D eigenvalue weighted by Gasteiger charge is -2.31. The van der Waals surface area contributed by atoms with Crippen LogP contribution in [0.1, 0.15) is 48.4 Å². The van der Waals surface area contributed by atoms with Crippen molar-refractivity contribution in [1.29, 1.82) is 5.26 Å². The van der Waals surface area contributed by atoms with E-state index >= 15 is 4.39 Å². The number of ether oxygens (including phenoxy) is 1. The zero-order valence-corrected chi connectivity index (χ0v) is 23.0. The number of aryl methyl sites for hydroxylation is 1. The standard InChI is InChI=1S/C31H33F2N5O3/c1-20-25(14-24(18-36-20)21-3-9-37(10-4-21)13-7-34)19-41-30-27(16-26(32)17-28(30)33)23-2-8-35-29(15-23)38-11-5-22(6-12-38)31(39)40/h2,8,14-18,21-22H,3-6,9-13,19H2,1H3,(H,39,40). The fourth-order valence-corrected chi connectivity index (χ4v) is 5.68. The molecule has 0 aliphatic carbocycles. The van der Waals surface area contributed by atoms with Gasteiger partial charge in [-0.25, -0.2) is 13.8 Å². The molecule has 2 aromatic heterocycles. The van der Waals surface area contributed by atoms with Crippen LogP contribution < -0.4 is 9.64 Å². The molecule has 0 amide bonds. The largest absolute Gasteiger partial charge is 0.485 e. The molecule has 10 heteroatoms. The quantitative estimate of drug-likeness (QED) is 0.369. The van der Waals surface area contributed by atoms with Crippen molar-refractivity contribution in [3.05, 3.63) is 71.2 Å². The number of likely N-dealkylation sites (tertiary alicyclic amines) is 1. The van der Waals surface area contributed by atoms with Gasteiger partial charge in [-0.2, -0.15) is 5.26 Å². The molecule has 2 aliphatic heterocycles. The van der Waals surface area contributed by atoms with E-state index in [0.29, 0.717) is 49.8 Å². The van der Waals surface area contributed by atoms with Crippen LogP contribution in [0.25, 0.3) is 11.1 Å². The van der Waals surface area contributed by atoms with Crippen molar-refractivity contribution in [3.8, 4) is 22.9 Å². The van der Waals surface area contributed by atoms with Crippen molar-refractivity contribution < 1.29 is 23.4 Å².